The Balaban J connectivity index is 2.26. The Kier molecular flexibility index (Phi) is 2.68. The summed E-state index contributed by atoms with van der Waals surface area (Å²) in [5, 5.41) is 0. The van der Waals surface area contributed by atoms with Gasteiger partial charge in [-0.1, -0.05) is 6.92 Å². The van der Waals surface area contributed by atoms with E-state index in [-0.39, 0.29) is 5.95 Å². The van der Waals surface area contributed by atoms with Gasteiger partial charge in [-0.05, 0) is 12.3 Å². The second-order valence-electron chi connectivity index (χ2n) is 3.85. The minimum Gasteiger partial charge on any atom is -0.354 e. The maximum atomic E-state index is 13.4. The summed E-state index contributed by atoms with van der Waals surface area (Å²) in [5.41, 5.74) is 2.31. The van der Waals surface area contributed by atoms with Crippen LogP contribution in [0.5, 0.6) is 0 Å². The van der Waals surface area contributed by atoms with Crippen LogP contribution in [0.1, 0.15) is 13.3 Å². The van der Waals surface area contributed by atoms with E-state index in [2.05, 4.69) is 22.3 Å². The van der Waals surface area contributed by atoms with Crippen LogP contribution in [0.4, 0.5) is 16.2 Å². The molecule has 0 spiro atoms. The first kappa shape index (κ1) is 10.1. The van der Waals surface area contributed by atoms with Gasteiger partial charge in [0, 0.05) is 13.1 Å². The molecule has 2 rings (SSSR count). The average Bonchev–Trinajstić information content (AvgIpc) is 2.65. The molecule has 1 aromatic heterocycles. The Bertz CT molecular complexity index is 356. The lowest BCUT2D eigenvalue weighted by Crippen LogP contribution is -2.23. The van der Waals surface area contributed by atoms with Crippen molar-refractivity contribution in [3.8, 4) is 0 Å². The molecule has 1 aromatic rings. The van der Waals surface area contributed by atoms with Crippen molar-refractivity contribution in [2.45, 2.75) is 13.3 Å². The number of aromatic nitrogens is 2. The number of nitrogen functional groups attached to an aromatic ring is 1. The Morgan fingerprint density at radius 1 is 1.67 bits per heavy atom. The van der Waals surface area contributed by atoms with Crippen LogP contribution >= 0.6 is 0 Å². The normalized spacial score (nSPS) is 20.7. The molecule has 0 radical (unpaired) electrons. The van der Waals surface area contributed by atoms with Crippen LogP contribution in [0.3, 0.4) is 0 Å². The Morgan fingerprint density at radius 2 is 2.47 bits per heavy atom. The Morgan fingerprint density at radius 3 is 3.07 bits per heavy atom. The van der Waals surface area contributed by atoms with E-state index >= 15 is 0 Å². The van der Waals surface area contributed by atoms with E-state index in [1.165, 1.54) is 0 Å². The average molecular weight is 211 g/mol. The summed E-state index contributed by atoms with van der Waals surface area (Å²) in [5.74, 6) is 5.93. The van der Waals surface area contributed by atoms with Gasteiger partial charge in [0.15, 0.2) is 11.6 Å². The minimum absolute atomic E-state index is 0.242. The number of nitrogens with zero attached hydrogens (tertiary/aromatic N) is 3. The summed E-state index contributed by atoms with van der Waals surface area (Å²) in [6.45, 7) is 3.80. The topological polar surface area (TPSA) is 67.1 Å². The maximum Gasteiger partial charge on any atom is 0.239 e. The third-order valence-electron chi connectivity index (χ3n) is 2.58. The molecular formula is C9H14FN5. The molecule has 0 aromatic carbocycles. The summed E-state index contributed by atoms with van der Waals surface area (Å²) < 4.78 is 13.4. The summed E-state index contributed by atoms with van der Waals surface area (Å²) in [6.07, 6.45) is 2.20. The molecule has 82 valence electrons. The lowest BCUT2D eigenvalue weighted by Gasteiger charge is -2.17. The van der Waals surface area contributed by atoms with Crippen molar-refractivity contribution in [1.82, 2.24) is 9.97 Å². The summed E-state index contributed by atoms with van der Waals surface area (Å²) in [4.78, 5) is 9.63. The minimum atomic E-state index is -0.400. The quantitative estimate of drug-likeness (QED) is 0.558. The van der Waals surface area contributed by atoms with E-state index < -0.39 is 5.82 Å². The molecule has 3 N–H and O–H groups in total. The standard InChI is InChI=1S/C9H14FN5/c1-6-2-3-15(5-6)8-7(10)4-12-9(13-8)14-11/h4,6H,2-3,5,11H2,1H3,(H,12,13,14). The number of hydrogen-bond acceptors (Lipinski definition) is 5. The SMILES string of the molecule is CC1CCN(c2nc(NN)ncc2F)C1. The van der Waals surface area contributed by atoms with E-state index in [0.717, 1.165) is 25.7 Å². The summed E-state index contributed by atoms with van der Waals surface area (Å²) >= 11 is 0. The van der Waals surface area contributed by atoms with Gasteiger partial charge < -0.3 is 4.90 Å². The second kappa shape index (κ2) is 3.98. The summed E-state index contributed by atoms with van der Waals surface area (Å²) in [7, 11) is 0. The van der Waals surface area contributed by atoms with E-state index in [1.54, 1.807) is 0 Å². The fourth-order valence-corrected chi connectivity index (χ4v) is 1.78. The Hall–Kier alpha value is -1.43. The molecule has 1 saturated heterocycles. The zero-order chi connectivity index (χ0) is 10.8. The number of hydrogen-bond donors (Lipinski definition) is 2. The first-order valence-corrected chi connectivity index (χ1v) is 4.95. The van der Waals surface area contributed by atoms with Gasteiger partial charge in [0.1, 0.15) is 0 Å². The number of anilines is 2. The van der Waals surface area contributed by atoms with Crippen molar-refractivity contribution in [3.63, 3.8) is 0 Å². The fraction of sp³-hybridized carbons (Fsp3) is 0.556. The van der Waals surface area contributed by atoms with Crippen molar-refractivity contribution in [2.75, 3.05) is 23.4 Å². The van der Waals surface area contributed by atoms with Crippen LogP contribution in [-0.2, 0) is 0 Å². The van der Waals surface area contributed by atoms with Gasteiger partial charge >= 0.3 is 0 Å². The highest BCUT2D eigenvalue weighted by Crippen LogP contribution is 2.24. The zero-order valence-electron chi connectivity index (χ0n) is 8.57. The molecule has 5 nitrogen and oxygen atoms in total. The van der Waals surface area contributed by atoms with Gasteiger partial charge in [0.25, 0.3) is 0 Å². The molecule has 0 aliphatic carbocycles. The van der Waals surface area contributed by atoms with Crippen molar-refractivity contribution in [2.24, 2.45) is 11.8 Å². The summed E-state index contributed by atoms with van der Waals surface area (Å²) in [6, 6.07) is 0. The zero-order valence-corrected chi connectivity index (χ0v) is 8.57. The van der Waals surface area contributed by atoms with Gasteiger partial charge in [0.05, 0.1) is 6.20 Å². The molecule has 0 saturated carbocycles. The predicted molar refractivity (Wildman–Crippen MR) is 55.8 cm³/mol. The van der Waals surface area contributed by atoms with Crippen LogP contribution in [0.15, 0.2) is 6.20 Å². The van der Waals surface area contributed by atoms with Crippen LogP contribution in [-0.4, -0.2) is 23.1 Å². The number of nitrogens with two attached hydrogens (primary N) is 1. The van der Waals surface area contributed by atoms with E-state index in [4.69, 9.17) is 5.84 Å². The van der Waals surface area contributed by atoms with Gasteiger partial charge in [-0.15, -0.1) is 0 Å². The highest BCUT2D eigenvalue weighted by molar-refractivity contribution is 5.44. The largest absolute Gasteiger partial charge is 0.354 e. The smallest absolute Gasteiger partial charge is 0.239 e. The van der Waals surface area contributed by atoms with Crippen molar-refractivity contribution >= 4 is 11.8 Å². The highest BCUT2D eigenvalue weighted by atomic mass is 19.1. The molecule has 2 heterocycles. The second-order valence-corrected chi connectivity index (χ2v) is 3.85. The van der Waals surface area contributed by atoms with Gasteiger partial charge in [-0.2, -0.15) is 4.98 Å². The highest BCUT2D eigenvalue weighted by Gasteiger charge is 2.22. The van der Waals surface area contributed by atoms with Crippen molar-refractivity contribution < 1.29 is 4.39 Å². The fourth-order valence-electron chi connectivity index (χ4n) is 1.78. The molecule has 1 unspecified atom stereocenters. The molecule has 15 heavy (non-hydrogen) atoms. The van der Waals surface area contributed by atoms with Crippen LogP contribution < -0.4 is 16.2 Å². The first-order chi connectivity index (χ1) is 7.20. The molecule has 1 aliphatic heterocycles. The molecule has 1 fully saturated rings. The molecular weight excluding hydrogens is 197 g/mol. The molecule has 1 atom stereocenters. The van der Waals surface area contributed by atoms with Crippen molar-refractivity contribution in [1.29, 1.82) is 0 Å². The number of rotatable bonds is 2. The van der Waals surface area contributed by atoms with Crippen LogP contribution in [0.25, 0.3) is 0 Å². The number of hydrazine groups is 1. The lowest BCUT2D eigenvalue weighted by atomic mass is 10.2. The van der Waals surface area contributed by atoms with E-state index in [9.17, 15) is 4.39 Å². The monoisotopic (exact) mass is 211 g/mol. The molecule has 1 aliphatic rings. The Labute approximate surface area is 87.5 Å². The third-order valence-corrected chi connectivity index (χ3v) is 2.58. The van der Waals surface area contributed by atoms with Gasteiger partial charge in [0.2, 0.25) is 5.95 Å². The number of halogens is 1. The van der Waals surface area contributed by atoms with E-state index in [1.807, 2.05) is 4.90 Å². The molecule has 0 amide bonds. The number of nitrogens with one attached hydrogen (secondary N) is 1. The maximum absolute atomic E-state index is 13.4. The third kappa shape index (κ3) is 1.99. The molecule has 0 bridgehead atoms. The molecule has 6 heteroatoms. The lowest BCUT2D eigenvalue weighted by molar-refractivity contribution is 0.605. The predicted octanol–water partition coefficient (Wildman–Crippen LogP) is 0.748. The van der Waals surface area contributed by atoms with E-state index in [0.29, 0.717) is 11.7 Å². The van der Waals surface area contributed by atoms with Crippen LogP contribution in [0.2, 0.25) is 0 Å². The van der Waals surface area contributed by atoms with Crippen molar-refractivity contribution in [3.05, 3.63) is 12.0 Å². The first-order valence-electron chi connectivity index (χ1n) is 4.95. The van der Waals surface area contributed by atoms with Gasteiger partial charge in [-0.3, -0.25) is 5.43 Å². The van der Waals surface area contributed by atoms with Crippen LogP contribution in [0, 0.1) is 11.7 Å². The van der Waals surface area contributed by atoms with Gasteiger partial charge in [-0.25, -0.2) is 15.2 Å².